The number of ether oxygens (including phenoxy) is 2. The summed E-state index contributed by atoms with van der Waals surface area (Å²) in [4.78, 5) is 0. The van der Waals surface area contributed by atoms with Crippen LogP contribution in [0.1, 0.15) is 18.1 Å². The molecule has 27 heavy (non-hydrogen) atoms. The number of halogens is 6. The molecule has 0 aromatic heterocycles. The van der Waals surface area contributed by atoms with Crippen LogP contribution in [0.15, 0.2) is 72.7 Å². The summed E-state index contributed by atoms with van der Waals surface area (Å²) in [5, 5.41) is 0. The highest BCUT2D eigenvalue weighted by Crippen LogP contribution is 2.24. The molecule has 2 rings (SSSR count). The summed E-state index contributed by atoms with van der Waals surface area (Å²) < 4.78 is 82.1. The van der Waals surface area contributed by atoms with E-state index in [0.717, 1.165) is 5.57 Å². The molecular formula is C19H12F6O2. The van der Waals surface area contributed by atoms with Gasteiger partial charge in [0, 0.05) is 0 Å². The summed E-state index contributed by atoms with van der Waals surface area (Å²) in [7, 11) is 0. The molecule has 0 heterocycles. The maximum absolute atomic E-state index is 12.7. The predicted octanol–water partition coefficient (Wildman–Crippen LogP) is 7.07. The summed E-state index contributed by atoms with van der Waals surface area (Å²) in [5.41, 5.74) is 2.16. The number of rotatable bonds is 6. The summed E-state index contributed by atoms with van der Waals surface area (Å²) in [6.07, 6.45) is -3.36. The Balaban J connectivity index is 2.10. The molecule has 8 heteroatoms. The van der Waals surface area contributed by atoms with Crippen molar-refractivity contribution in [1.82, 2.24) is 0 Å². The molecule has 0 N–H and O–H groups in total. The highest BCUT2D eigenvalue weighted by molar-refractivity contribution is 5.80. The van der Waals surface area contributed by atoms with Gasteiger partial charge >= 0.3 is 24.2 Å². The van der Waals surface area contributed by atoms with Gasteiger partial charge in [0.1, 0.15) is 11.5 Å². The monoisotopic (exact) mass is 386 g/mol. The average molecular weight is 386 g/mol. The van der Waals surface area contributed by atoms with Gasteiger partial charge in [0.2, 0.25) is 0 Å². The van der Waals surface area contributed by atoms with Gasteiger partial charge in [-0.25, -0.2) is 0 Å². The summed E-state index contributed by atoms with van der Waals surface area (Å²) in [5.74, 6) is -0.180. The minimum absolute atomic E-state index is 0.0893. The fourth-order valence-electron chi connectivity index (χ4n) is 2.04. The molecule has 0 aliphatic heterocycles. The molecule has 0 atom stereocenters. The lowest BCUT2D eigenvalue weighted by Crippen LogP contribution is -1.91. The van der Waals surface area contributed by atoms with E-state index in [9.17, 15) is 26.3 Å². The van der Waals surface area contributed by atoms with E-state index in [2.05, 4.69) is 9.47 Å². The van der Waals surface area contributed by atoms with Crippen molar-refractivity contribution in [3.63, 3.8) is 0 Å². The van der Waals surface area contributed by atoms with Gasteiger partial charge in [-0.15, -0.1) is 0 Å². The van der Waals surface area contributed by atoms with Crippen molar-refractivity contribution in [2.24, 2.45) is 0 Å². The molecule has 2 aromatic carbocycles. The Morgan fingerprint density at radius 1 is 0.667 bits per heavy atom. The maximum atomic E-state index is 12.7. The van der Waals surface area contributed by atoms with Crippen molar-refractivity contribution in [2.75, 3.05) is 0 Å². The van der Waals surface area contributed by atoms with Gasteiger partial charge in [-0.3, -0.25) is 0 Å². The van der Waals surface area contributed by atoms with Gasteiger partial charge in [0.25, 0.3) is 0 Å². The lowest BCUT2D eigenvalue weighted by Gasteiger charge is -2.06. The standard InChI is InChI=1S/C19H12F6O2/c1-11(13-4-8-15(9-5-13)27-19(25)17(22)23)10-12-2-6-14(7-3-12)26-18(24)16(20)21/h2-10H,1H3/b11-10-. The van der Waals surface area contributed by atoms with Crippen LogP contribution in [0.4, 0.5) is 26.3 Å². The molecule has 2 aromatic rings. The zero-order valence-corrected chi connectivity index (χ0v) is 13.8. The Labute approximate surface area is 150 Å². The Hall–Kier alpha value is -3.16. The average Bonchev–Trinajstić information content (AvgIpc) is 2.63. The van der Waals surface area contributed by atoms with Gasteiger partial charge in [-0.05, 0) is 47.9 Å². The predicted molar refractivity (Wildman–Crippen MR) is 88.4 cm³/mol. The van der Waals surface area contributed by atoms with E-state index in [1.165, 1.54) is 36.4 Å². The van der Waals surface area contributed by atoms with E-state index < -0.39 is 24.2 Å². The fraction of sp³-hybridized carbons (Fsp3) is 0.0526. The number of hydrogen-bond donors (Lipinski definition) is 0. The third-order valence-electron chi connectivity index (χ3n) is 3.29. The van der Waals surface area contributed by atoms with E-state index in [1.807, 2.05) is 0 Å². The van der Waals surface area contributed by atoms with Crippen molar-refractivity contribution in [3.8, 4) is 11.5 Å². The number of hydrogen-bond acceptors (Lipinski definition) is 2. The van der Waals surface area contributed by atoms with Gasteiger partial charge in [-0.2, -0.15) is 26.3 Å². The Morgan fingerprint density at radius 2 is 1.07 bits per heavy atom. The lowest BCUT2D eigenvalue weighted by atomic mass is 10.0. The first-order valence-electron chi connectivity index (χ1n) is 7.42. The zero-order valence-electron chi connectivity index (χ0n) is 13.8. The minimum atomic E-state index is -2.55. The van der Waals surface area contributed by atoms with Crippen LogP contribution in [0.2, 0.25) is 0 Å². The molecular weight excluding hydrogens is 374 g/mol. The van der Waals surface area contributed by atoms with Crippen LogP contribution < -0.4 is 9.47 Å². The Morgan fingerprint density at radius 3 is 1.48 bits per heavy atom. The lowest BCUT2D eigenvalue weighted by molar-refractivity contribution is 0.241. The largest absolute Gasteiger partial charge is 0.428 e. The SMILES string of the molecule is C/C(=C/c1ccc(OC(F)=C(F)F)cc1)c1ccc(OC(F)=C(F)F)cc1. The smallest absolute Gasteiger partial charge is 0.344 e. The van der Waals surface area contributed by atoms with Crippen molar-refractivity contribution in [3.05, 3.63) is 83.8 Å². The van der Waals surface area contributed by atoms with Crippen LogP contribution in [0.3, 0.4) is 0 Å². The van der Waals surface area contributed by atoms with E-state index in [1.54, 1.807) is 25.1 Å². The van der Waals surface area contributed by atoms with Gasteiger partial charge in [0.05, 0.1) is 0 Å². The van der Waals surface area contributed by atoms with Crippen molar-refractivity contribution >= 4 is 11.6 Å². The van der Waals surface area contributed by atoms with Gasteiger partial charge in [0.15, 0.2) is 0 Å². The second kappa shape index (κ2) is 8.98. The maximum Gasteiger partial charge on any atom is 0.344 e. The Bertz CT molecular complexity index is 875. The number of benzene rings is 2. The Kier molecular flexibility index (Phi) is 6.70. The molecule has 0 radical (unpaired) electrons. The molecule has 142 valence electrons. The molecule has 0 aliphatic carbocycles. The summed E-state index contributed by atoms with van der Waals surface area (Å²) in [6.45, 7) is 1.77. The van der Waals surface area contributed by atoms with Crippen LogP contribution in [-0.2, 0) is 0 Å². The van der Waals surface area contributed by atoms with Crippen molar-refractivity contribution < 1.29 is 35.8 Å². The van der Waals surface area contributed by atoms with Crippen LogP contribution in [0.25, 0.3) is 11.6 Å². The molecule has 0 saturated heterocycles. The molecule has 0 aliphatic rings. The highest BCUT2D eigenvalue weighted by Gasteiger charge is 2.09. The van der Waals surface area contributed by atoms with Gasteiger partial charge < -0.3 is 9.47 Å². The first-order chi connectivity index (χ1) is 12.8. The van der Waals surface area contributed by atoms with Crippen LogP contribution in [0, 0.1) is 0 Å². The van der Waals surface area contributed by atoms with E-state index in [0.29, 0.717) is 11.1 Å². The highest BCUT2D eigenvalue weighted by atomic mass is 19.3. The fourth-order valence-corrected chi connectivity index (χ4v) is 2.04. The molecule has 0 spiro atoms. The van der Waals surface area contributed by atoms with Gasteiger partial charge in [-0.1, -0.05) is 30.3 Å². The van der Waals surface area contributed by atoms with Crippen molar-refractivity contribution in [1.29, 1.82) is 0 Å². The quantitative estimate of drug-likeness (QED) is 0.300. The van der Waals surface area contributed by atoms with E-state index in [-0.39, 0.29) is 11.5 Å². The zero-order chi connectivity index (χ0) is 20.0. The first kappa shape index (κ1) is 20.2. The molecule has 0 unspecified atom stereocenters. The minimum Gasteiger partial charge on any atom is -0.428 e. The molecule has 0 saturated carbocycles. The second-order valence-corrected chi connectivity index (χ2v) is 5.19. The topological polar surface area (TPSA) is 18.5 Å². The molecule has 2 nitrogen and oxygen atoms in total. The van der Waals surface area contributed by atoms with Crippen molar-refractivity contribution in [2.45, 2.75) is 6.92 Å². The first-order valence-corrected chi connectivity index (χ1v) is 7.42. The molecule has 0 fully saturated rings. The normalized spacial score (nSPS) is 11.0. The summed E-state index contributed by atoms with van der Waals surface area (Å²) >= 11 is 0. The van der Waals surface area contributed by atoms with Crippen LogP contribution in [0.5, 0.6) is 11.5 Å². The third kappa shape index (κ3) is 5.95. The van der Waals surface area contributed by atoms with E-state index >= 15 is 0 Å². The van der Waals surface area contributed by atoms with Crippen LogP contribution >= 0.6 is 0 Å². The molecule has 0 bridgehead atoms. The number of allylic oxidation sites excluding steroid dienone is 1. The second-order valence-electron chi connectivity index (χ2n) is 5.19. The van der Waals surface area contributed by atoms with E-state index in [4.69, 9.17) is 0 Å². The third-order valence-corrected chi connectivity index (χ3v) is 3.29. The van der Waals surface area contributed by atoms with Crippen LogP contribution in [-0.4, -0.2) is 0 Å². The summed E-state index contributed by atoms with van der Waals surface area (Å²) in [6, 6.07) is 7.52. The molecule has 0 amide bonds.